The Morgan fingerprint density at radius 1 is 1.16 bits per heavy atom. The molecule has 1 spiro atoms. The second kappa shape index (κ2) is 6.72. The molecule has 3 aromatic heterocycles. The van der Waals surface area contributed by atoms with E-state index in [9.17, 15) is 4.79 Å². The van der Waals surface area contributed by atoms with E-state index < -0.39 is 0 Å². The molecular weight excluding hydrogens is 412 g/mol. The summed E-state index contributed by atoms with van der Waals surface area (Å²) in [5, 5.41) is 4.12. The SMILES string of the molecule is Cc1ccc(-c2ncccn2)c(C(=O)N2CC3CC34CC(Nc3ccc(Cl)cn3)C24)n1. The van der Waals surface area contributed by atoms with E-state index in [0.717, 1.165) is 24.5 Å². The van der Waals surface area contributed by atoms with Gasteiger partial charge in [-0.1, -0.05) is 11.6 Å². The van der Waals surface area contributed by atoms with Gasteiger partial charge in [0.2, 0.25) is 0 Å². The Kier molecular flexibility index (Phi) is 4.05. The number of aromatic nitrogens is 4. The first kappa shape index (κ1) is 18.7. The lowest BCUT2D eigenvalue weighted by Gasteiger charge is -2.48. The number of nitrogens with zero attached hydrogens (tertiary/aromatic N) is 5. The number of aryl methyl sites for hydroxylation is 1. The van der Waals surface area contributed by atoms with E-state index >= 15 is 0 Å². The summed E-state index contributed by atoms with van der Waals surface area (Å²) in [6.45, 7) is 2.68. The zero-order valence-corrected chi connectivity index (χ0v) is 17.8. The van der Waals surface area contributed by atoms with Crippen molar-refractivity contribution in [3.05, 3.63) is 65.3 Å². The molecule has 2 aliphatic carbocycles. The number of hydrogen-bond donors (Lipinski definition) is 1. The maximum absolute atomic E-state index is 13.7. The minimum absolute atomic E-state index is 0.0432. The van der Waals surface area contributed by atoms with Gasteiger partial charge in [0.25, 0.3) is 5.91 Å². The minimum atomic E-state index is -0.0432. The molecule has 6 rings (SSSR count). The zero-order chi connectivity index (χ0) is 21.2. The summed E-state index contributed by atoms with van der Waals surface area (Å²) in [7, 11) is 0. The van der Waals surface area contributed by atoms with Gasteiger partial charge in [0.05, 0.1) is 16.6 Å². The van der Waals surface area contributed by atoms with Gasteiger partial charge in [0.1, 0.15) is 11.5 Å². The molecule has 1 saturated heterocycles. The first-order valence-electron chi connectivity index (χ1n) is 10.5. The number of anilines is 1. The lowest BCUT2D eigenvalue weighted by Crippen LogP contribution is -2.60. The smallest absolute Gasteiger partial charge is 0.273 e. The van der Waals surface area contributed by atoms with Crippen molar-refractivity contribution in [2.24, 2.45) is 11.3 Å². The highest BCUT2D eigenvalue weighted by molar-refractivity contribution is 6.30. The van der Waals surface area contributed by atoms with E-state index in [2.05, 4.69) is 25.3 Å². The molecule has 4 atom stereocenters. The maximum Gasteiger partial charge on any atom is 0.273 e. The van der Waals surface area contributed by atoms with Crippen LogP contribution in [0.1, 0.15) is 29.0 Å². The number of carbonyl (C=O) groups excluding carboxylic acids is 1. The van der Waals surface area contributed by atoms with Gasteiger partial charge >= 0.3 is 0 Å². The Morgan fingerprint density at radius 2 is 2.00 bits per heavy atom. The van der Waals surface area contributed by atoms with Gasteiger partial charge in [0.15, 0.2) is 5.82 Å². The molecule has 4 heterocycles. The number of piperidine rings is 1. The highest BCUT2D eigenvalue weighted by atomic mass is 35.5. The molecule has 4 unspecified atom stereocenters. The molecule has 7 nitrogen and oxygen atoms in total. The first-order valence-corrected chi connectivity index (χ1v) is 10.9. The van der Waals surface area contributed by atoms with Crippen LogP contribution in [-0.2, 0) is 0 Å². The molecule has 1 amide bonds. The van der Waals surface area contributed by atoms with E-state index in [4.69, 9.17) is 11.6 Å². The number of pyridine rings is 2. The predicted molar refractivity (Wildman–Crippen MR) is 117 cm³/mol. The summed E-state index contributed by atoms with van der Waals surface area (Å²) in [4.78, 5) is 33.4. The van der Waals surface area contributed by atoms with E-state index in [0.29, 0.717) is 28.0 Å². The quantitative estimate of drug-likeness (QED) is 0.678. The van der Waals surface area contributed by atoms with Crippen LogP contribution in [0.25, 0.3) is 11.4 Å². The van der Waals surface area contributed by atoms with Crippen molar-refractivity contribution in [2.75, 3.05) is 11.9 Å². The third kappa shape index (κ3) is 2.91. The average molecular weight is 433 g/mol. The van der Waals surface area contributed by atoms with Crippen molar-refractivity contribution < 1.29 is 4.79 Å². The highest BCUT2D eigenvalue weighted by Gasteiger charge is 2.75. The number of carbonyl (C=O) groups is 1. The Morgan fingerprint density at radius 3 is 2.77 bits per heavy atom. The van der Waals surface area contributed by atoms with E-state index in [1.54, 1.807) is 24.7 Å². The molecule has 1 aliphatic heterocycles. The maximum atomic E-state index is 13.7. The van der Waals surface area contributed by atoms with Crippen molar-refractivity contribution in [2.45, 2.75) is 31.8 Å². The van der Waals surface area contributed by atoms with Crippen molar-refractivity contribution >= 4 is 23.3 Å². The second-order valence-corrected chi connectivity index (χ2v) is 9.21. The Bertz CT molecular complexity index is 1170. The normalized spacial score (nSPS) is 27.8. The third-order valence-electron chi connectivity index (χ3n) is 6.97. The summed E-state index contributed by atoms with van der Waals surface area (Å²) < 4.78 is 0. The van der Waals surface area contributed by atoms with Crippen LogP contribution in [0, 0.1) is 18.3 Å². The molecule has 1 N–H and O–H groups in total. The van der Waals surface area contributed by atoms with Gasteiger partial charge in [0, 0.05) is 36.9 Å². The van der Waals surface area contributed by atoms with Crippen LogP contribution in [0.3, 0.4) is 0 Å². The largest absolute Gasteiger partial charge is 0.365 e. The molecule has 3 aliphatic rings. The Hall–Kier alpha value is -3.06. The lowest BCUT2D eigenvalue weighted by molar-refractivity contribution is 0.0466. The summed E-state index contributed by atoms with van der Waals surface area (Å²) >= 11 is 5.96. The lowest BCUT2D eigenvalue weighted by atomic mass is 9.71. The van der Waals surface area contributed by atoms with Gasteiger partial charge in [-0.15, -0.1) is 0 Å². The van der Waals surface area contributed by atoms with Crippen LogP contribution in [0.5, 0.6) is 0 Å². The fourth-order valence-corrected chi connectivity index (χ4v) is 5.60. The summed E-state index contributed by atoms with van der Waals surface area (Å²) in [5.74, 6) is 1.84. The van der Waals surface area contributed by atoms with Gasteiger partial charge < -0.3 is 10.2 Å². The van der Waals surface area contributed by atoms with Crippen LogP contribution in [0.4, 0.5) is 5.82 Å². The molecule has 3 fully saturated rings. The number of amides is 1. The number of likely N-dealkylation sites (tertiary alicyclic amines) is 1. The van der Waals surface area contributed by atoms with E-state index in [-0.39, 0.29) is 23.4 Å². The van der Waals surface area contributed by atoms with Crippen LogP contribution in [-0.4, -0.2) is 49.4 Å². The topological polar surface area (TPSA) is 83.9 Å². The molecule has 0 radical (unpaired) electrons. The van der Waals surface area contributed by atoms with Crippen LogP contribution in [0.2, 0.25) is 5.02 Å². The molecule has 3 aromatic rings. The van der Waals surface area contributed by atoms with Crippen LogP contribution >= 0.6 is 11.6 Å². The van der Waals surface area contributed by atoms with Gasteiger partial charge in [-0.05, 0) is 61.4 Å². The van der Waals surface area contributed by atoms with Crippen molar-refractivity contribution in [3.63, 3.8) is 0 Å². The van der Waals surface area contributed by atoms with E-state index in [1.807, 2.05) is 36.1 Å². The second-order valence-electron chi connectivity index (χ2n) is 8.77. The zero-order valence-electron chi connectivity index (χ0n) is 17.0. The number of rotatable bonds is 4. The first-order chi connectivity index (χ1) is 15.0. The highest BCUT2D eigenvalue weighted by Crippen LogP contribution is 2.71. The van der Waals surface area contributed by atoms with Crippen LogP contribution < -0.4 is 5.32 Å². The number of nitrogens with one attached hydrogen (secondary N) is 1. The minimum Gasteiger partial charge on any atom is -0.365 e. The molecule has 156 valence electrons. The summed E-state index contributed by atoms with van der Waals surface area (Å²) in [6, 6.07) is 9.58. The number of hydrogen-bond acceptors (Lipinski definition) is 6. The molecule has 0 aromatic carbocycles. The van der Waals surface area contributed by atoms with Crippen molar-refractivity contribution in [3.8, 4) is 11.4 Å². The van der Waals surface area contributed by atoms with Gasteiger partial charge in [-0.3, -0.25) is 4.79 Å². The average Bonchev–Trinajstić information content (AvgIpc) is 3.43. The van der Waals surface area contributed by atoms with Crippen molar-refractivity contribution in [1.82, 2.24) is 24.8 Å². The Balaban J connectivity index is 1.31. The fraction of sp³-hybridized carbons (Fsp3) is 0.348. The standard InChI is InChI=1S/C23H21ClN6O/c1-13-3-5-16(21-25-7-2-8-26-21)19(28-13)22(31)30-12-14-9-23(14)10-17(20(23)30)29-18-6-4-15(24)11-27-18/h2-8,11,14,17,20H,9-10,12H2,1H3,(H,27,29). The van der Waals surface area contributed by atoms with Gasteiger partial charge in [-0.25, -0.2) is 19.9 Å². The van der Waals surface area contributed by atoms with Gasteiger partial charge in [-0.2, -0.15) is 0 Å². The molecule has 8 heteroatoms. The Labute approximate surface area is 184 Å². The van der Waals surface area contributed by atoms with Crippen molar-refractivity contribution in [1.29, 1.82) is 0 Å². The molecule has 31 heavy (non-hydrogen) atoms. The summed E-state index contributed by atoms with van der Waals surface area (Å²) in [6.07, 6.45) is 7.26. The fourth-order valence-electron chi connectivity index (χ4n) is 5.48. The summed E-state index contributed by atoms with van der Waals surface area (Å²) in [5.41, 5.74) is 2.16. The number of halogens is 1. The molecule has 2 saturated carbocycles. The van der Waals surface area contributed by atoms with Crippen LogP contribution in [0.15, 0.2) is 48.9 Å². The molecule has 0 bridgehead atoms. The third-order valence-corrected chi connectivity index (χ3v) is 7.19. The predicted octanol–water partition coefficient (Wildman–Crippen LogP) is 3.61. The monoisotopic (exact) mass is 432 g/mol. The van der Waals surface area contributed by atoms with E-state index in [1.165, 1.54) is 6.42 Å². The molecular formula is C23H21ClN6O.